The zero-order valence-electron chi connectivity index (χ0n) is 17.0. The summed E-state index contributed by atoms with van der Waals surface area (Å²) in [5, 5.41) is 3.21. The van der Waals surface area contributed by atoms with Crippen LogP contribution in [0, 0.1) is 18.3 Å². The number of hydrogen-bond acceptors (Lipinski definition) is 4. The number of anilines is 1. The van der Waals surface area contributed by atoms with E-state index in [0.717, 1.165) is 29.7 Å². The first-order chi connectivity index (χ1) is 12.1. The first-order valence-electron chi connectivity index (χ1n) is 9.36. The highest BCUT2D eigenvalue weighted by atomic mass is 16.5. The number of hydrogen-bond donors (Lipinski definition) is 1. The van der Waals surface area contributed by atoms with Crippen molar-refractivity contribution in [1.82, 2.24) is 0 Å². The Bertz CT molecular complexity index is 641. The van der Waals surface area contributed by atoms with E-state index in [2.05, 4.69) is 12.2 Å². The van der Waals surface area contributed by atoms with Gasteiger partial charge in [0.1, 0.15) is 6.61 Å². The van der Waals surface area contributed by atoms with E-state index in [1.54, 1.807) is 0 Å². The first-order valence-corrected chi connectivity index (χ1v) is 9.36. The van der Waals surface area contributed by atoms with Crippen LogP contribution in [0.2, 0.25) is 0 Å². The largest absolute Gasteiger partial charge is 0.461 e. The molecule has 1 aromatic carbocycles. The van der Waals surface area contributed by atoms with Crippen LogP contribution in [-0.4, -0.2) is 24.9 Å². The van der Waals surface area contributed by atoms with Gasteiger partial charge in [0.15, 0.2) is 5.78 Å². The summed E-state index contributed by atoms with van der Waals surface area (Å²) in [5.41, 5.74) is 2.62. The van der Waals surface area contributed by atoms with Crippen LogP contribution in [0.1, 0.15) is 58.6 Å². The molecule has 1 rings (SSSR count). The Morgan fingerprint density at radius 3 is 2.54 bits per heavy atom. The number of aryl methyl sites for hydroxylation is 1. The van der Waals surface area contributed by atoms with E-state index in [1.165, 1.54) is 0 Å². The van der Waals surface area contributed by atoms with Crippen LogP contribution in [-0.2, 0) is 14.3 Å². The second-order valence-electron chi connectivity index (χ2n) is 7.83. The molecule has 1 unspecified atom stereocenters. The molecule has 1 aromatic rings. The lowest BCUT2D eigenvalue weighted by atomic mass is 9.97. The van der Waals surface area contributed by atoms with Gasteiger partial charge in [-0.15, -0.1) is 0 Å². The normalized spacial score (nSPS) is 12.8. The molecular weight excluding hydrogens is 326 g/mol. The van der Waals surface area contributed by atoms with E-state index in [1.807, 2.05) is 65.0 Å². The number of nitrogens with one attached hydrogen (secondary N) is 1. The fourth-order valence-electron chi connectivity index (χ4n) is 2.45. The molecule has 0 saturated carbocycles. The van der Waals surface area contributed by atoms with Gasteiger partial charge < -0.3 is 10.1 Å². The fourth-order valence-corrected chi connectivity index (χ4v) is 2.45. The van der Waals surface area contributed by atoms with Crippen molar-refractivity contribution in [2.24, 2.45) is 11.3 Å². The van der Waals surface area contributed by atoms with E-state index in [9.17, 15) is 9.59 Å². The zero-order valence-corrected chi connectivity index (χ0v) is 17.0. The topological polar surface area (TPSA) is 55.4 Å². The Hall–Kier alpha value is -2.10. The summed E-state index contributed by atoms with van der Waals surface area (Å²) in [4.78, 5) is 23.8. The Balaban J connectivity index is 2.55. The Morgan fingerprint density at radius 2 is 1.96 bits per heavy atom. The van der Waals surface area contributed by atoms with Crippen molar-refractivity contribution in [2.45, 2.75) is 54.4 Å². The molecule has 0 radical (unpaired) electrons. The number of ketones is 1. The average Bonchev–Trinajstić information content (AvgIpc) is 2.57. The number of Topliss-reactive ketones (excluding diaryl/α,β-unsaturated/α-hetero) is 1. The Labute approximate surface area is 158 Å². The maximum Gasteiger partial charge on any atom is 0.311 e. The van der Waals surface area contributed by atoms with Crippen LogP contribution in [0.4, 0.5) is 5.69 Å². The second-order valence-corrected chi connectivity index (χ2v) is 7.83. The van der Waals surface area contributed by atoms with E-state index in [-0.39, 0.29) is 24.3 Å². The molecule has 144 valence electrons. The summed E-state index contributed by atoms with van der Waals surface area (Å²) in [6.45, 7) is 12.2. The number of carbonyl (C=O) groups is 2. The minimum absolute atomic E-state index is 0.103. The second kappa shape index (κ2) is 10.1. The van der Waals surface area contributed by atoms with Gasteiger partial charge >= 0.3 is 5.97 Å². The molecule has 1 N–H and O–H groups in total. The molecule has 0 spiro atoms. The third-order valence-electron chi connectivity index (χ3n) is 4.23. The molecule has 0 amide bonds. The van der Waals surface area contributed by atoms with Crippen LogP contribution < -0.4 is 5.32 Å². The first kappa shape index (κ1) is 21.9. The van der Waals surface area contributed by atoms with Gasteiger partial charge in [0.2, 0.25) is 0 Å². The van der Waals surface area contributed by atoms with Crippen molar-refractivity contribution < 1.29 is 14.3 Å². The number of esters is 1. The van der Waals surface area contributed by atoms with Crippen molar-refractivity contribution in [2.75, 3.05) is 18.5 Å². The van der Waals surface area contributed by atoms with Crippen molar-refractivity contribution in [3.05, 3.63) is 35.4 Å². The van der Waals surface area contributed by atoms with Crippen molar-refractivity contribution in [3.63, 3.8) is 0 Å². The predicted molar refractivity (Wildman–Crippen MR) is 108 cm³/mol. The lowest BCUT2D eigenvalue weighted by Gasteiger charge is -2.15. The third kappa shape index (κ3) is 7.42. The van der Waals surface area contributed by atoms with Gasteiger partial charge in [-0.25, -0.2) is 0 Å². The maximum atomic E-state index is 12.0. The van der Waals surface area contributed by atoms with Gasteiger partial charge in [-0.1, -0.05) is 32.4 Å². The lowest BCUT2D eigenvalue weighted by molar-refractivity contribution is -0.151. The van der Waals surface area contributed by atoms with Gasteiger partial charge in [-0.2, -0.15) is 0 Å². The van der Waals surface area contributed by atoms with Gasteiger partial charge in [0, 0.05) is 11.6 Å². The number of benzene rings is 1. The highest BCUT2D eigenvalue weighted by Crippen LogP contribution is 2.18. The molecule has 0 aliphatic carbocycles. The lowest BCUT2D eigenvalue weighted by Crippen LogP contribution is -2.22. The van der Waals surface area contributed by atoms with Crippen LogP contribution in [0.5, 0.6) is 0 Å². The molecule has 1 atom stereocenters. The monoisotopic (exact) mass is 359 g/mol. The molecule has 4 heteroatoms. The summed E-state index contributed by atoms with van der Waals surface area (Å²) in [7, 11) is 0. The van der Waals surface area contributed by atoms with Crippen LogP contribution in [0.3, 0.4) is 0 Å². The van der Waals surface area contributed by atoms with Gasteiger partial charge in [0.05, 0.1) is 12.0 Å². The molecule has 4 nitrogen and oxygen atoms in total. The molecule has 0 aliphatic heterocycles. The summed E-state index contributed by atoms with van der Waals surface area (Å²) in [6.07, 6.45) is 5.75. The average molecular weight is 360 g/mol. The SMILES string of the molecule is CCCC(C)C(=O)CNc1ccc(/C=C/COC(=O)C(C)(C)C)c(C)c1. The van der Waals surface area contributed by atoms with Crippen LogP contribution in [0.15, 0.2) is 24.3 Å². The summed E-state index contributed by atoms with van der Waals surface area (Å²) >= 11 is 0. The van der Waals surface area contributed by atoms with Gasteiger partial charge in [0.25, 0.3) is 0 Å². The van der Waals surface area contributed by atoms with E-state index in [0.29, 0.717) is 6.54 Å². The minimum atomic E-state index is -0.483. The van der Waals surface area contributed by atoms with E-state index in [4.69, 9.17) is 4.74 Å². The molecule has 26 heavy (non-hydrogen) atoms. The molecule has 0 fully saturated rings. The molecule has 0 aliphatic rings. The highest BCUT2D eigenvalue weighted by molar-refractivity contribution is 5.85. The predicted octanol–water partition coefficient (Wildman–Crippen LogP) is 5.01. The maximum absolute atomic E-state index is 12.0. The Kier molecular flexibility index (Phi) is 8.56. The number of rotatable bonds is 9. The third-order valence-corrected chi connectivity index (χ3v) is 4.23. The fraction of sp³-hybridized carbons (Fsp3) is 0.545. The number of ether oxygens (including phenoxy) is 1. The van der Waals surface area contributed by atoms with Crippen molar-refractivity contribution in [1.29, 1.82) is 0 Å². The van der Waals surface area contributed by atoms with Gasteiger partial charge in [-0.3, -0.25) is 9.59 Å². The van der Waals surface area contributed by atoms with E-state index >= 15 is 0 Å². The van der Waals surface area contributed by atoms with E-state index < -0.39 is 5.41 Å². The molecule has 0 aromatic heterocycles. The summed E-state index contributed by atoms with van der Waals surface area (Å²) < 4.78 is 5.22. The molecule has 0 saturated heterocycles. The quantitative estimate of drug-likeness (QED) is 0.629. The van der Waals surface area contributed by atoms with Crippen LogP contribution in [0.25, 0.3) is 6.08 Å². The smallest absolute Gasteiger partial charge is 0.311 e. The number of carbonyl (C=O) groups excluding carboxylic acids is 2. The zero-order chi connectivity index (χ0) is 19.7. The summed E-state index contributed by atoms with van der Waals surface area (Å²) in [6, 6.07) is 5.99. The molecule has 0 bridgehead atoms. The highest BCUT2D eigenvalue weighted by Gasteiger charge is 2.22. The van der Waals surface area contributed by atoms with Crippen molar-refractivity contribution in [3.8, 4) is 0 Å². The Morgan fingerprint density at radius 1 is 1.27 bits per heavy atom. The summed E-state index contributed by atoms with van der Waals surface area (Å²) in [5.74, 6) is 0.140. The standard InChI is InChI=1S/C22H33NO3/c1-7-9-16(2)20(24)15-23-19-12-11-18(17(3)14-19)10-8-13-26-21(25)22(4,5)6/h8,10-12,14,16,23H,7,9,13,15H2,1-6H3/b10-8+. The molecule has 0 heterocycles. The van der Waals surface area contributed by atoms with Crippen LogP contribution >= 0.6 is 0 Å². The van der Waals surface area contributed by atoms with Crippen molar-refractivity contribution >= 4 is 23.5 Å². The minimum Gasteiger partial charge on any atom is -0.461 e. The molecular formula is C22H33NO3. The van der Waals surface area contributed by atoms with Gasteiger partial charge in [-0.05, 0) is 63.5 Å².